The van der Waals surface area contributed by atoms with Crippen molar-refractivity contribution in [3.63, 3.8) is 0 Å². The van der Waals surface area contributed by atoms with Gasteiger partial charge in [-0.25, -0.2) is 0 Å². The summed E-state index contributed by atoms with van der Waals surface area (Å²) in [7, 11) is 2.28. The van der Waals surface area contributed by atoms with Gasteiger partial charge in [-0.15, -0.1) is 0 Å². The highest BCUT2D eigenvalue weighted by atomic mass is 15.2. The smallest absolute Gasteiger partial charge is 0.0220 e. The normalized spacial score (nSPS) is 32.6. The van der Waals surface area contributed by atoms with Crippen LogP contribution < -0.4 is 5.32 Å². The van der Waals surface area contributed by atoms with Crippen molar-refractivity contribution in [1.29, 1.82) is 0 Å². The molecule has 3 heteroatoms. The van der Waals surface area contributed by atoms with E-state index in [1.807, 2.05) is 0 Å². The molecular formula is C13H27N3. The highest BCUT2D eigenvalue weighted by Crippen LogP contribution is 2.18. The van der Waals surface area contributed by atoms with Gasteiger partial charge in [0.15, 0.2) is 0 Å². The number of nitrogens with zero attached hydrogens (tertiary/aromatic N) is 2. The number of likely N-dealkylation sites (N-methyl/N-ethyl adjacent to an activating group) is 1. The second-order valence-electron chi connectivity index (χ2n) is 5.48. The average molecular weight is 225 g/mol. The summed E-state index contributed by atoms with van der Waals surface area (Å²) in [5.74, 6) is 0. The van der Waals surface area contributed by atoms with Crippen molar-refractivity contribution in [2.45, 2.75) is 44.7 Å². The molecule has 2 saturated heterocycles. The average Bonchev–Trinajstić information content (AvgIpc) is 2.87. The molecule has 0 aromatic carbocycles. The molecule has 94 valence electrons. The predicted octanol–water partition coefficient (Wildman–Crippen LogP) is 1.15. The van der Waals surface area contributed by atoms with Gasteiger partial charge in [0.1, 0.15) is 0 Å². The fourth-order valence-electron chi connectivity index (χ4n) is 3.02. The quantitative estimate of drug-likeness (QED) is 0.757. The monoisotopic (exact) mass is 225 g/mol. The Bertz CT molecular complexity index is 207. The van der Waals surface area contributed by atoms with E-state index >= 15 is 0 Å². The molecule has 16 heavy (non-hydrogen) atoms. The van der Waals surface area contributed by atoms with Crippen LogP contribution in [-0.4, -0.2) is 61.7 Å². The molecule has 3 nitrogen and oxygen atoms in total. The first-order valence-electron chi connectivity index (χ1n) is 6.95. The standard InChI is InChI=1S/C13H27N3/c1-3-7-14-12-6-9-16(10-12)11-13-5-4-8-15(13)2/h12-14H,3-11H2,1-2H3. The Kier molecular flexibility index (Phi) is 4.62. The zero-order chi connectivity index (χ0) is 11.4. The van der Waals surface area contributed by atoms with Gasteiger partial charge in [-0.05, 0) is 52.4 Å². The molecule has 2 unspecified atom stereocenters. The largest absolute Gasteiger partial charge is 0.313 e. The molecule has 0 aromatic rings. The summed E-state index contributed by atoms with van der Waals surface area (Å²) in [5, 5.41) is 3.64. The third-order valence-electron chi connectivity index (χ3n) is 4.10. The summed E-state index contributed by atoms with van der Waals surface area (Å²) in [4.78, 5) is 5.19. The maximum Gasteiger partial charge on any atom is 0.0220 e. The zero-order valence-electron chi connectivity index (χ0n) is 10.9. The van der Waals surface area contributed by atoms with E-state index in [1.54, 1.807) is 0 Å². The number of hydrogen-bond donors (Lipinski definition) is 1. The lowest BCUT2D eigenvalue weighted by Gasteiger charge is -2.25. The fraction of sp³-hybridized carbons (Fsp3) is 1.00. The molecule has 2 fully saturated rings. The van der Waals surface area contributed by atoms with Gasteiger partial charge in [0.25, 0.3) is 0 Å². The third kappa shape index (κ3) is 3.19. The molecule has 2 aliphatic rings. The number of likely N-dealkylation sites (tertiary alicyclic amines) is 2. The summed E-state index contributed by atoms with van der Waals surface area (Å²) in [6, 6.07) is 1.58. The molecule has 2 aliphatic heterocycles. The van der Waals surface area contributed by atoms with E-state index in [9.17, 15) is 0 Å². The molecule has 0 amide bonds. The van der Waals surface area contributed by atoms with E-state index in [1.165, 1.54) is 58.4 Å². The van der Waals surface area contributed by atoms with Gasteiger partial charge in [0, 0.05) is 25.2 Å². The Balaban J connectivity index is 1.68. The molecule has 0 saturated carbocycles. The van der Waals surface area contributed by atoms with Crippen LogP contribution in [0.5, 0.6) is 0 Å². The van der Waals surface area contributed by atoms with Crippen LogP contribution in [0.15, 0.2) is 0 Å². The second-order valence-corrected chi connectivity index (χ2v) is 5.48. The highest BCUT2D eigenvalue weighted by Gasteiger charge is 2.27. The molecule has 1 N–H and O–H groups in total. The van der Waals surface area contributed by atoms with Crippen LogP contribution in [0.4, 0.5) is 0 Å². The van der Waals surface area contributed by atoms with E-state index < -0.39 is 0 Å². The molecule has 0 aromatic heterocycles. The van der Waals surface area contributed by atoms with E-state index in [0.29, 0.717) is 0 Å². The van der Waals surface area contributed by atoms with Gasteiger partial charge in [-0.1, -0.05) is 6.92 Å². The zero-order valence-corrected chi connectivity index (χ0v) is 10.9. The molecule has 2 rings (SSSR count). The van der Waals surface area contributed by atoms with E-state index in [2.05, 4.69) is 29.1 Å². The molecule has 0 bridgehead atoms. The van der Waals surface area contributed by atoms with Crippen LogP contribution in [-0.2, 0) is 0 Å². The van der Waals surface area contributed by atoms with Crippen molar-refractivity contribution in [3.05, 3.63) is 0 Å². The third-order valence-corrected chi connectivity index (χ3v) is 4.10. The highest BCUT2D eigenvalue weighted by molar-refractivity contribution is 4.86. The van der Waals surface area contributed by atoms with Crippen molar-refractivity contribution in [3.8, 4) is 0 Å². The van der Waals surface area contributed by atoms with Gasteiger partial charge in [-0.2, -0.15) is 0 Å². The van der Waals surface area contributed by atoms with Crippen LogP contribution in [0.3, 0.4) is 0 Å². The lowest BCUT2D eigenvalue weighted by Crippen LogP contribution is -2.39. The molecular weight excluding hydrogens is 198 g/mol. The Morgan fingerprint density at radius 1 is 1.25 bits per heavy atom. The van der Waals surface area contributed by atoms with Crippen molar-refractivity contribution in [2.24, 2.45) is 0 Å². The van der Waals surface area contributed by atoms with Crippen LogP contribution >= 0.6 is 0 Å². The summed E-state index contributed by atoms with van der Waals surface area (Å²) in [6.07, 6.45) is 5.39. The second kappa shape index (κ2) is 5.99. The van der Waals surface area contributed by atoms with Gasteiger partial charge in [0.05, 0.1) is 0 Å². The van der Waals surface area contributed by atoms with E-state index in [0.717, 1.165) is 12.1 Å². The first kappa shape index (κ1) is 12.3. The van der Waals surface area contributed by atoms with Crippen molar-refractivity contribution < 1.29 is 0 Å². The molecule has 2 atom stereocenters. The van der Waals surface area contributed by atoms with Crippen molar-refractivity contribution >= 4 is 0 Å². The van der Waals surface area contributed by atoms with Crippen molar-refractivity contribution in [2.75, 3.05) is 39.8 Å². The summed E-state index contributed by atoms with van der Waals surface area (Å²) in [6.45, 7) is 8.59. The maximum atomic E-state index is 3.64. The molecule has 0 aliphatic carbocycles. The molecule has 0 radical (unpaired) electrons. The van der Waals surface area contributed by atoms with Gasteiger partial charge < -0.3 is 15.1 Å². The van der Waals surface area contributed by atoms with E-state index in [-0.39, 0.29) is 0 Å². The SMILES string of the molecule is CCCNC1CCN(CC2CCCN2C)C1. The minimum atomic E-state index is 0.756. The summed E-state index contributed by atoms with van der Waals surface area (Å²) < 4.78 is 0. The minimum Gasteiger partial charge on any atom is -0.313 e. The fourth-order valence-corrected chi connectivity index (χ4v) is 3.02. The lowest BCUT2D eigenvalue weighted by molar-refractivity contribution is 0.217. The Morgan fingerprint density at radius 2 is 2.12 bits per heavy atom. The Morgan fingerprint density at radius 3 is 2.81 bits per heavy atom. The molecule has 0 spiro atoms. The number of rotatable bonds is 5. The Labute approximate surface area is 100 Å². The van der Waals surface area contributed by atoms with Crippen LogP contribution in [0.1, 0.15) is 32.6 Å². The Hall–Kier alpha value is -0.120. The summed E-state index contributed by atoms with van der Waals surface area (Å²) in [5.41, 5.74) is 0. The topological polar surface area (TPSA) is 18.5 Å². The van der Waals surface area contributed by atoms with Crippen LogP contribution in [0, 0.1) is 0 Å². The first-order chi connectivity index (χ1) is 7.79. The van der Waals surface area contributed by atoms with Crippen LogP contribution in [0.2, 0.25) is 0 Å². The lowest BCUT2D eigenvalue weighted by atomic mass is 10.2. The summed E-state index contributed by atoms with van der Waals surface area (Å²) >= 11 is 0. The van der Waals surface area contributed by atoms with E-state index in [4.69, 9.17) is 0 Å². The van der Waals surface area contributed by atoms with Gasteiger partial charge >= 0.3 is 0 Å². The predicted molar refractivity (Wildman–Crippen MR) is 68.8 cm³/mol. The molecule has 2 heterocycles. The van der Waals surface area contributed by atoms with Gasteiger partial charge in [0.2, 0.25) is 0 Å². The van der Waals surface area contributed by atoms with Gasteiger partial charge in [-0.3, -0.25) is 0 Å². The maximum absolute atomic E-state index is 3.64. The number of hydrogen-bond acceptors (Lipinski definition) is 3. The first-order valence-corrected chi connectivity index (χ1v) is 6.95. The minimum absolute atomic E-state index is 0.756. The number of nitrogens with one attached hydrogen (secondary N) is 1. The van der Waals surface area contributed by atoms with Crippen LogP contribution in [0.25, 0.3) is 0 Å². The van der Waals surface area contributed by atoms with Crippen molar-refractivity contribution in [1.82, 2.24) is 15.1 Å².